The Labute approximate surface area is 321 Å². The van der Waals surface area contributed by atoms with Crippen LogP contribution in [0.2, 0.25) is 15.1 Å². The molecule has 0 bridgehead atoms. The van der Waals surface area contributed by atoms with Crippen LogP contribution in [-0.2, 0) is 27.5 Å². The second-order valence-corrected chi connectivity index (χ2v) is 13.1. The van der Waals surface area contributed by atoms with Crippen LogP contribution in [0, 0.1) is 13.8 Å². The van der Waals surface area contributed by atoms with Crippen molar-refractivity contribution in [2.75, 3.05) is 0 Å². The van der Waals surface area contributed by atoms with Gasteiger partial charge >= 0.3 is 0 Å². The van der Waals surface area contributed by atoms with Crippen molar-refractivity contribution in [1.29, 1.82) is 0 Å². The standard InChI is InChI=1S/C16H12Cl2N4O2.C16H13ClN4O5S.Cr/c1-9-14(16(24)22(21-9)11-5-3-2-4-6-11)20-19-13-8-10(17)7-12(18)15(13)23;1-9-14(16(23)21(20-9)11-5-3-2-4-6-11)19-18-12-7-10(17)8-13(15(12)22)27(24,25)26;/h2-8,23-24H,1H3;2-8,22-23H,1H3,(H,24,25,26);. The van der Waals surface area contributed by atoms with Gasteiger partial charge in [-0.05, 0) is 62.4 Å². The van der Waals surface area contributed by atoms with Gasteiger partial charge in [-0.15, -0.1) is 20.5 Å². The van der Waals surface area contributed by atoms with E-state index < -0.39 is 20.8 Å². The normalized spacial score (nSPS) is 11.4. The van der Waals surface area contributed by atoms with Crippen molar-refractivity contribution in [3.05, 3.63) is 111 Å². The zero-order chi connectivity index (χ0) is 37.0. The molecule has 20 heteroatoms. The van der Waals surface area contributed by atoms with Crippen LogP contribution in [-0.4, -0.2) is 53.0 Å². The largest absolute Gasteiger partial charge is 0.504 e. The maximum Gasteiger partial charge on any atom is 0.298 e. The number of hydrogen-bond acceptors (Lipinski definition) is 12. The third kappa shape index (κ3) is 8.89. The summed E-state index contributed by atoms with van der Waals surface area (Å²) in [6.45, 7) is 3.28. The molecule has 0 aliphatic heterocycles. The molecule has 0 fully saturated rings. The van der Waals surface area contributed by atoms with Gasteiger partial charge in [0.2, 0.25) is 11.8 Å². The van der Waals surface area contributed by atoms with Crippen molar-refractivity contribution in [2.45, 2.75) is 18.7 Å². The average Bonchev–Trinajstić information content (AvgIpc) is 3.54. The number of para-hydroxylation sites is 2. The van der Waals surface area contributed by atoms with Crippen LogP contribution >= 0.6 is 34.8 Å². The van der Waals surface area contributed by atoms with E-state index in [1.807, 2.05) is 24.3 Å². The predicted octanol–water partition coefficient (Wildman–Crippen LogP) is 9.22. The van der Waals surface area contributed by atoms with Crippen LogP contribution in [0.4, 0.5) is 22.7 Å². The van der Waals surface area contributed by atoms with E-state index in [0.717, 1.165) is 12.1 Å². The molecule has 2 heterocycles. The molecule has 6 rings (SSSR count). The summed E-state index contributed by atoms with van der Waals surface area (Å²) in [5.74, 6) is -1.51. The first-order valence-electron chi connectivity index (χ1n) is 14.3. The Morgan fingerprint density at radius 2 is 1.02 bits per heavy atom. The van der Waals surface area contributed by atoms with E-state index >= 15 is 0 Å². The fraction of sp³-hybridized carbons (Fsp3) is 0.0625. The topological polar surface area (TPSA) is 220 Å². The summed E-state index contributed by atoms with van der Waals surface area (Å²) in [4.78, 5) is -0.801. The molecule has 0 saturated carbocycles. The van der Waals surface area contributed by atoms with Gasteiger partial charge in [0.1, 0.15) is 16.3 Å². The molecule has 6 aromatic rings. The molecule has 0 aliphatic rings. The average molecular weight is 824 g/mol. The van der Waals surface area contributed by atoms with Gasteiger partial charge in [-0.3, -0.25) is 4.55 Å². The number of nitrogens with zero attached hydrogens (tertiary/aromatic N) is 8. The van der Waals surface area contributed by atoms with Crippen molar-refractivity contribution < 1.29 is 50.8 Å². The van der Waals surface area contributed by atoms with E-state index in [4.69, 9.17) is 39.4 Å². The quantitative estimate of drug-likeness (QED) is 0.0764. The zero-order valence-electron chi connectivity index (χ0n) is 26.7. The Balaban J connectivity index is 0.000000230. The summed E-state index contributed by atoms with van der Waals surface area (Å²) in [6.07, 6.45) is 0. The van der Waals surface area contributed by atoms with Crippen molar-refractivity contribution in [2.24, 2.45) is 20.5 Å². The number of phenols is 2. The number of aromatic hydroxyl groups is 4. The minimum absolute atomic E-state index is 0. The molecule has 0 atom stereocenters. The molecule has 0 aliphatic carbocycles. The van der Waals surface area contributed by atoms with Gasteiger partial charge in [0.05, 0.1) is 27.8 Å². The summed E-state index contributed by atoms with van der Waals surface area (Å²) >= 11 is 17.5. The van der Waals surface area contributed by atoms with Crippen LogP contribution in [0.1, 0.15) is 11.4 Å². The Morgan fingerprint density at radius 1 is 0.615 bits per heavy atom. The van der Waals surface area contributed by atoms with E-state index in [2.05, 4.69) is 30.7 Å². The molecule has 0 spiro atoms. The molecule has 0 unspecified atom stereocenters. The Hall–Kier alpha value is -4.99. The summed E-state index contributed by atoms with van der Waals surface area (Å²) in [7, 11) is -4.71. The molecule has 4 aromatic carbocycles. The smallest absolute Gasteiger partial charge is 0.298 e. The number of aryl methyl sites for hydroxylation is 2. The second kappa shape index (κ2) is 16.6. The van der Waals surface area contributed by atoms with E-state index in [9.17, 15) is 28.8 Å². The first-order chi connectivity index (χ1) is 24.1. The van der Waals surface area contributed by atoms with Gasteiger partial charge in [0.15, 0.2) is 22.9 Å². The van der Waals surface area contributed by atoms with Gasteiger partial charge in [0.25, 0.3) is 10.1 Å². The minimum atomic E-state index is -4.71. The molecule has 0 amide bonds. The van der Waals surface area contributed by atoms with E-state index in [-0.39, 0.29) is 67.7 Å². The Kier molecular flexibility index (Phi) is 12.7. The first kappa shape index (κ1) is 39.8. The van der Waals surface area contributed by atoms with Gasteiger partial charge in [0, 0.05) is 27.4 Å². The van der Waals surface area contributed by atoms with Crippen molar-refractivity contribution in [3.8, 4) is 34.6 Å². The van der Waals surface area contributed by atoms with Crippen LogP contribution in [0.15, 0.2) is 110 Å². The number of aromatic nitrogens is 4. The first-order valence-corrected chi connectivity index (χ1v) is 16.9. The maximum atomic E-state index is 11.3. The van der Waals surface area contributed by atoms with Crippen molar-refractivity contribution in [3.63, 3.8) is 0 Å². The Morgan fingerprint density at radius 3 is 1.44 bits per heavy atom. The number of rotatable bonds is 7. The van der Waals surface area contributed by atoms with E-state index in [1.54, 1.807) is 50.2 Å². The fourth-order valence-corrected chi connectivity index (χ4v) is 5.80. The molecule has 2 aromatic heterocycles. The molecule has 0 radical (unpaired) electrons. The fourth-order valence-electron chi connectivity index (χ4n) is 4.42. The summed E-state index contributed by atoms with van der Waals surface area (Å²) < 4.78 is 34.4. The van der Waals surface area contributed by atoms with E-state index in [0.29, 0.717) is 27.8 Å². The Bertz CT molecular complexity index is 2410. The molecule has 0 saturated heterocycles. The zero-order valence-corrected chi connectivity index (χ0v) is 31.0. The molecular formula is C32H25Cl3CrN8O7S. The third-order valence-electron chi connectivity index (χ3n) is 6.83. The number of phenolic OH excluding ortho intramolecular Hbond substituents is 2. The monoisotopic (exact) mass is 822 g/mol. The molecule has 52 heavy (non-hydrogen) atoms. The molecule has 268 valence electrons. The van der Waals surface area contributed by atoms with Gasteiger partial charge in [-0.2, -0.15) is 28.0 Å². The number of benzene rings is 4. The van der Waals surface area contributed by atoms with Gasteiger partial charge < -0.3 is 20.4 Å². The second-order valence-electron chi connectivity index (χ2n) is 10.4. The minimum Gasteiger partial charge on any atom is -0.504 e. The molecular weight excluding hydrogens is 799 g/mol. The predicted molar refractivity (Wildman–Crippen MR) is 189 cm³/mol. The van der Waals surface area contributed by atoms with Crippen LogP contribution < -0.4 is 0 Å². The van der Waals surface area contributed by atoms with Gasteiger partial charge in [-0.25, -0.2) is 0 Å². The number of hydrogen-bond donors (Lipinski definition) is 5. The molecule has 15 nitrogen and oxygen atoms in total. The van der Waals surface area contributed by atoms with Crippen LogP contribution in [0.5, 0.6) is 23.3 Å². The summed E-state index contributed by atoms with van der Waals surface area (Å²) in [6, 6.07) is 22.8. The third-order valence-corrected chi connectivity index (χ3v) is 8.42. The van der Waals surface area contributed by atoms with E-state index in [1.165, 1.54) is 21.5 Å². The van der Waals surface area contributed by atoms with Crippen molar-refractivity contribution >= 4 is 67.7 Å². The number of azo groups is 2. The summed E-state index contributed by atoms with van der Waals surface area (Å²) in [5.41, 5.74) is 2.11. The van der Waals surface area contributed by atoms with Crippen LogP contribution in [0.25, 0.3) is 11.4 Å². The summed E-state index contributed by atoms with van der Waals surface area (Å²) in [5, 5.41) is 64.8. The maximum absolute atomic E-state index is 11.3. The number of halogens is 3. The van der Waals surface area contributed by atoms with Crippen molar-refractivity contribution in [1.82, 2.24) is 19.6 Å². The van der Waals surface area contributed by atoms with Crippen LogP contribution in [0.3, 0.4) is 0 Å². The molecule has 5 N–H and O–H groups in total. The SMILES string of the molecule is Cc1nn(-c2ccccc2)c(O)c1N=Nc1cc(Cl)cc(Cl)c1O.Cc1nn(-c2ccccc2)c(O)c1N=Nc1cc(Cl)cc(S(=O)(=O)O)c1O.[Cr]. The van der Waals surface area contributed by atoms with Gasteiger partial charge in [-0.1, -0.05) is 71.2 Å².